The van der Waals surface area contributed by atoms with Crippen LogP contribution in [0.3, 0.4) is 0 Å². The Kier molecular flexibility index (Phi) is 11.5. The lowest BCUT2D eigenvalue weighted by atomic mass is 9.84. The van der Waals surface area contributed by atoms with Crippen molar-refractivity contribution in [3.63, 3.8) is 0 Å². The van der Waals surface area contributed by atoms with E-state index in [0.29, 0.717) is 32.7 Å². The third-order valence-electron chi connectivity index (χ3n) is 5.94. The lowest BCUT2D eigenvalue weighted by Crippen LogP contribution is -2.56. The molecule has 2 fully saturated rings. The zero-order valence-electron chi connectivity index (χ0n) is 19.6. The van der Waals surface area contributed by atoms with Gasteiger partial charge in [0.25, 0.3) is 0 Å². The van der Waals surface area contributed by atoms with Gasteiger partial charge in [-0.25, -0.2) is 8.42 Å². The molecular weight excluding hydrogens is 533 g/mol. The van der Waals surface area contributed by atoms with Gasteiger partial charge in [0.15, 0.2) is 5.96 Å². The molecule has 182 valence electrons. The SMILES string of the molecule is CN=C(NCC1(C(=O)N(C)C)CCCC1)N1CCN(S(=O)(=O)CCOC(C)C)CC1.I. The van der Waals surface area contributed by atoms with Crippen molar-refractivity contribution >= 4 is 45.9 Å². The normalized spacial score (nSPS) is 19.9. The number of nitrogens with zero attached hydrogens (tertiary/aromatic N) is 4. The van der Waals surface area contributed by atoms with E-state index in [1.807, 2.05) is 27.9 Å². The lowest BCUT2D eigenvalue weighted by Gasteiger charge is -2.37. The van der Waals surface area contributed by atoms with Gasteiger partial charge in [0.05, 0.1) is 23.9 Å². The van der Waals surface area contributed by atoms with E-state index in [1.165, 1.54) is 4.31 Å². The quantitative estimate of drug-likeness (QED) is 0.267. The molecule has 1 N–H and O–H groups in total. The largest absolute Gasteiger partial charge is 0.378 e. The van der Waals surface area contributed by atoms with Crippen LogP contribution in [0.4, 0.5) is 0 Å². The molecule has 0 bridgehead atoms. The van der Waals surface area contributed by atoms with E-state index in [0.717, 1.165) is 31.6 Å². The van der Waals surface area contributed by atoms with Crippen molar-refractivity contribution in [2.75, 3.05) is 66.2 Å². The van der Waals surface area contributed by atoms with E-state index in [4.69, 9.17) is 4.74 Å². The molecule has 0 unspecified atom stereocenters. The molecule has 2 aliphatic rings. The minimum Gasteiger partial charge on any atom is -0.378 e. The number of guanidine groups is 1. The number of rotatable bonds is 8. The van der Waals surface area contributed by atoms with Gasteiger partial charge in [-0.05, 0) is 26.7 Å². The smallest absolute Gasteiger partial charge is 0.230 e. The number of hydrogen-bond donors (Lipinski definition) is 1. The number of amides is 1. The van der Waals surface area contributed by atoms with Crippen LogP contribution in [0.2, 0.25) is 0 Å². The molecule has 1 amide bonds. The molecule has 2 rings (SSSR count). The molecule has 1 heterocycles. The molecule has 0 radical (unpaired) electrons. The number of piperazine rings is 1. The number of ether oxygens (including phenoxy) is 1. The first kappa shape index (κ1) is 28.4. The summed E-state index contributed by atoms with van der Waals surface area (Å²) in [6.45, 7) is 6.54. The minimum absolute atomic E-state index is 0. The van der Waals surface area contributed by atoms with Gasteiger partial charge in [0.2, 0.25) is 15.9 Å². The van der Waals surface area contributed by atoms with Crippen LogP contribution in [0.1, 0.15) is 39.5 Å². The van der Waals surface area contributed by atoms with E-state index in [9.17, 15) is 13.2 Å². The van der Waals surface area contributed by atoms with Crippen molar-refractivity contribution in [3.8, 4) is 0 Å². The van der Waals surface area contributed by atoms with Crippen molar-refractivity contribution in [1.29, 1.82) is 0 Å². The van der Waals surface area contributed by atoms with Crippen LogP contribution < -0.4 is 5.32 Å². The van der Waals surface area contributed by atoms with Gasteiger partial charge in [0.1, 0.15) is 0 Å². The zero-order chi connectivity index (χ0) is 22.4. The van der Waals surface area contributed by atoms with E-state index >= 15 is 0 Å². The maximum absolute atomic E-state index is 12.8. The first-order chi connectivity index (χ1) is 14.1. The molecule has 1 saturated heterocycles. The Labute approximate surface area is 205 Å². The monoisotopic (exact) mass is 573 g/mol. The summed E-state index contributed by atoms with van der Waals surface area (Å²) >= 11 is 0. The number of sulfonamides is 1. The number of hydrogen-bond acceptors (Lipinski definition) is 5. The number of carbonyl (C=O) groups is 1. The number of carbonyl (C=O) groups excluding carboxylic acids is 1. The molecular formula is C20H40IN5O4S. The summed E-state index contributed by atoms with van der Waals surface area (Å²) in [5, 5.41) is 3.40. The lowest BCUT2D eigenvalue weighted by molar-refractivity contribution is -0.138. The molecule has 9 nitrogen and oxygen atoms in total. The number of halogens is 1. The van der Waals surface area contributed by atoms with Gasteiger partial charge in [-0.3, -0.25) is 9.79 Å². The molecule has 0 spiro atoms. The Hall–Kier alpha value is -0.660. The average molecular weight is 574 g/mol. The minimum atomic E-state index is -3.32. The van der Waals surface area contributed by atoms with E-state index in [2.05, 4.69) is 15.2 Å². The molecule has 1 saturated carbocycles. The van der Waals surface area contributed by atoms with Crippen LogP contribution >= 0.6 is 24.0 Å². The summed E-state index contributed by atoms with van der Waals surface area (Å²) in [5.74, 6) is 0.906. The second-order valence-electron chi connectivity index (χ2n) is 8.71. The highest BCUT2D eigenvalue weighted by molar-refractivity contribution is 14.0. The van der Waals surface area contributed by atoms with Crippen molar-refractivity contribution < 1.29 is 17.9 Å². The summed E-state index contributed by atoms with van der Waals surface area (Å²) in [6, 6.07) is 0. The Balaban J connectivity index is 0.00000480. The van der Waals surface area contributed by atoms with Crippen molar-refractivity contribution in [2.45, 2.75) is 45.6 Å². The first-order valence-corrected chi connectivity index (χ1v) is 12.5. The third-order valence-corrected chi connectivity index (χ3v) is 7.78. The molecule has 1 aliphatic heterocycles. The molecule has 11 heteroatoms. The molecule has 1 aliphatic carbocycles. The Bertz CT molecular complexity index is 700. The highest BCUT2D eigenvalue weighted by atomic mass is 127. The Morgan fingerprint density at radius 1 is 1.16 bits per heavy atom. The van der Waals surface area contributed by atoms with Gasteiger partial charge in [-0.15, -0.1) is 24.0 Å². The van der Waals surface area contributed by atoms with Crippen LogP contribution in [0.15, 0.2) is 4.99 Å². The Morgan fingerprint density at radius 2 is 1.74 bits per heavy atom. The fourth-order valence-electron chi connectivity index (χ4n) is 4.27. The maximum atomic E-state index is 12.8. The van der Waals surface area contributed by atoms with Crippen LogP contribution in [0.5, 0.6) is 0 Å². The van der Waals surface area contributed by atoms with E-state index < -0.39 is 10.0 Å². The fraction of sp³-hybridized carbons (Fsp3) is 0.900. The van der Waals surface area contributed by atoms with Crippen LogP contribution in [0, 0.1) is 5.41 Å². The molecule has 0 aromatic heterocycles. The van der Waals surface area contributed by atoms with Crippen LogP contribution in [-0.2, 0) is 19.6 Å². The number of aliphatic imine (C=N–C) groups is 1. The van der Waals surface area contributed by atoms with Gasteiger partial charge >= 0.3 is 0 Å². The standard InChI is InChI=1S/C20H39N5O4S.HI/c1-17(2)29-14-15-30(27,28)25-12-10-24(11-13-25)19(21-3)22-16-20(8-6-7-9-20)18(26)23(4)5;/h17H,6-16H2,1-5H3,(H,21,22);1H. The maximum Gasteiger partial charge on any atom is 0.230 e. The van der Waals surface area contributed by atoms with Gasteiger partial charge in [-0.2, -0.15) is 4.31 Å². The summed E-state index contributed by atoms with van der Waals surface area (Å²) in [4.78, 5) is 20.9. The highest BCUT2D eigenvalue weighted by Gasteiger charge is 2.42. The number of nitrogens with one attached hydrogen (secondary N) is 1. The summed E-state index contributed by atoms with van der Waals surface area (Å²) in [7, 11) is 2.02. The molecule has 0 aromatic carbocycles. The van der Waals surface area contributed by atoms with Gasteiger partial charge in [-0.1, -0.05) is 12.8 Å². The van der Waals surface area contributed by atoms with Gasteiger partial charge in [0, 0.05) is 53.9 Å². The van der Waals surface area contributed by atoms with Crippen molar-refractivity contribution in [1.82, 2.24) is 19.4 Å². The highest BCUT2D eigenvalue weighted by Crippen LogP contribution is 2.39. The molecule has 0 aromatic rings. The fourth-order valence-corrected chi connectivity index (χ4v) is 5.55. The molecule has 0 atom stereocenters. The van der Waals surface area contributed by atoms with Gasteiger partial charge < -0.3 is 19.9 Å². The second kappa shape index (κ2) is 12.5. The first-order valence-electron chi connectivity index (χ1n) is 10.9. The zero-order valence-corrected chi connectivity index (χ0v) is 22.7. The summed E-state index contributed by atoms with van der Waals surface area (Å²) in [6.07, 6.45) is 3.93. The second-order valence-corrected chi connectivity index (χ2v) is 10.8. The van der Waals surface area contributed by atoms with Crippen LogP contribution in [0.25, 0.3) is 0 Å². The summed E-state index contributed by atoms with van der Waals surface area (Å²) in [5.41, 5.74) is -0.374. The predicted octanol–water partition coefficient (Wildman–Crippen LogP) is 1.20. The average Bonchev–Trinajstić information content (AvgIpc) is 3.17. The Morgan fingerprint density at radius 3 is 2.23 bits per heavy atom. The van der Waals surface area contributed by atoms with Crippen LogP contribution in [-0.4, -0.2) is 107 Å². The van der Waals surface area contributed by atoms with Crippen molar-refractivity contribution in [3.05, 3.63) is 0 Å². The molecule has 31 heavy (non-hydrogen) atoms. The third kappa shape index (κ3) is 7.71. The predicted molar refractivity (Wildman–Crippen MR) is 134 cm³/mol. The van der Waals surface area contributed by atoms with Crippen molar-refractivity contribution in [2.24, 2.45) is 10.4 Å². The topological polar surface area (TPSA) is 94.5 Å². The van der Waals surface area contributed by atoms with E-state index in [-0.39, 0.29) is 53.8 Å². The van der Waals surface area contributed by atoms with E-state index in [1.54, 1.807) is 11.9 Å². The summed E-state index contributed by atoms with van der Waals surface area (Å²) < 4.78 is 32.0.